The minimum Gasteiger partial charge on any atom is -0.368 e. The summed E-state index contributed by atoms with van der Waals surface area (Å²) in [6.45, 7) is 3.10. The predicted octanol–water partition coefficient (Wildman–Crippen LogP) is 3.03. The average Bonchev–Trinajstić information content (AvgIpc) is 2.57. The number of amides is 1. The molecule has 1 aliphatic rings. The first-order chi connectivity index (χ1) is 12.3. The summed E-state index contributed by atoms with van der Waals surface area (Å²) in [4.78, 5) is 21.2. The topological polar surface area (TPSA) is 71.6 Å². The Hall–Kier alpha value is -2.64. The van der Waals surface area contributed by atoms with Crippen LogP contribution in [-0.4, -0.2) is 36.2 Å². The lowest BCUT2D eigenvalue weighted by atomic mass is 9.96. The van der Waals surface area contributed by atoms with Gasteiger partial charge in [-0.2, -0.15) is 13.2 Å². The molecule has 26 heavy (non-hydrogen) atoms. The average molecular weight is 364 g/mol. The van der Waals surface area contributed by atoms with Crippen LogP contribution in [0.2, 0.25) is 0 Å². The molecule has 0 bridgehead atoms. The van der Waals surface area contributed by atoms with E-state index in [4.69, 9.17) is 5.73 Å². The van der Waals surface area contributed by atoms with Gasteiger partial charge in [-0.05, 0) is 36.6 Å². The standard InChI is InChI=1S/C18H19F3N4O/c1-11-7-12(24-8-16(22)26)10-25(9-11)15-5-4-14(18(19,20)21)17-13(15)3-2-6-23-17/h2-6,11H,7-10H2,1H3,(H2,22,26)/t11-/m0/s1. The minimum absolute atomic E-state index is 0.0636. The quantitative estimate of drug-likeness (QED) is 0.910. The molecule has 1 aliphatic heterocycles. The van der Waals surface area contributed by atoms with Crippen LogP contribution < -0.4 is 10.6 Å². The number of hydrogen-bond acceptors (Lipinski definition) is 4. The lowest BCUT2D eigenvalue weighted by molar-refractivity contribution is -0.136. The summed E-state index contributed by atoms with van der Waals surface area (Å²) in [5, 5.41) is 0.450. The van der Waals surface area contributed by atoms with E-state index in [2.05, 4.69) is 9.98 Å². The number of aromatic nitrogens is 1. The molecule has 8 heteroatoms. The zero-order valence-electron chi connectivity index (χ0n) is 14.3. The van der Waals surface area contributed by atoms with Crippen LogP contribution >= 0.6 is 0 Å². The number of nitrogens with two attached hydrogens (primary N) is 1. The number of halogens is 3. The molecule has 0 unspecified atom stereocenters. The zero-order valence-corrected chi connectivity index (χ0v) is 14.3. The molecule has 0 saturated carbocycles. The van der Waals surface area contributed by atoms with Crippen molar-refractivity contribution < 1.29 is 18.0 Å². The van der Waals surface area contributed by atoms with Gasteiger partial charge in [0.25, 0.3) is 0 Å². The van der Waals surface area contributed by atoms with E-state index in [1.54, 1.807) is 12.1 Å². The van der Waals surface area contributed by atoms with Crippen LogP contribution in [0.1, 0.15) is 18.9 Å². The summed E-state index contributed by atoms with van der Waals surface area (Å²) in [5.74, 6) is -0.254. The number of primary amides is 1. The van der Waals surface area contributed by atoms with Crippen LogP contribution in [0, 0.1) is 5.92 Å². The molecule has 1 fully saturated rings. The van der Waals surface area contributed by atoms with Crippen LogP contribution in [-0.2, 0) is 11.0 Å². The number of hydrogen-bond donors (Lipinski definition) is 1. The number of benzene rings is 1. The van der Waals surface area contributed by atoms with Crippen molar-refractivity contribution in [3.05, 3.63) is 36.0 Å². The van der Waals surface area contributed by atoms with E-state index in [1.165, 1.54) is 12.3 Å². The molecule has 2 N–H and O–H groups in total. The van der Waals surface area contributed by atoms with Gasteiger partial charge < -0.3 is 10.6 Å². The number of aliphatic imine (C=N–C) groups is 1. The van der Waals surface area contributed by atoms with Crippen molar-refractivity contribution in [3.63, 3.8) is 0 Å². The largest absolute Gasteiger partial charge is 0.418 e. The molecule has 0 radical (unpaired) electrons. The van der Waals surface area contributed by atoms with E-state index in [1.807, 2.05) is 11.8 Å². The molecule has 1 aromatic carbocycles. The molecule has 3 rings (SSSR count). The molecule has 1 amide bonds. The fourth-order valence-corrected chi connectivity index (χ4v) is 3.34. The third-order valence-corrected chi connectivity index (χ3v) is 4.34. The van der Waals surface area contributed by atoms with Crippen molar-refractivity contribution >= 4 is 28.2 Å². The first kappa shape index (κ1) is 18.2. The van der Waals surface area contributed by atoms with Gasteiger partial charge >= 0.3 is 6.18 Å². The smallest absolute Gasteiger partial charge is 0.368 e. The highest BCUT2D eigenvalue weighted by Gasteiger charge is 2.34. The third kappa shape index (κ3) is 3.79. The van der Waals surface area contributed by atoms with Gasteiger partial charge in [0.1, 0.15) is 6.54 Å². The number of rotatable bonds is 3. The first-order valence-corrected chi connectivity index (χ1v) is 8.26. The van der Waals surface area contributed by atoms with Crippen molar-refractivity contribution in [1.29, 1.82) is 0 Å². The minimum atomic E-state index is -4.46. The molecular formula is C18H19F3N4O. The molecule has 2 aromatic rings. The second-order valence-electron chi connectivity index (χ2n) is 6.57. The molecule has 1 aromatic heterocycles. The second-order valence-corrected chi connectivity index (χ2v) is 6.57. The normalized spacial score (nSPS) is 19.9. The number of nitrogens with zero attached hydrogens (tertiary/aromatic N) is 3. The molecule has 0 spiro atoms. The first-order valence-electron chi connectivity index (χ1n) is 8.26. The molecular weight excluding hydrogens is 345 g/mol. The molecule has 0 aliphatic carbocycles. The highest BCUT2D eigenvalue weighted by molar-refractivity contribution is 5.98. The van der Waals surface area contributed by atoms with Crippen LogP contribution in [0.25, 0.3) is 10.9 Å². The summed E-state index contributed by atoms with van der Waals surface area (Å²) in [7, 11) is 0. The lowest BCUT2D eigenvalue weighted by Crippen LogP contribution is -2.40. The van der Waals surface area contributed by atoms with Crippen LogP contribution in [0.5, 0.6) is 0 Å². The summed E-state index contributed by atoms with van der Waals surface area (Å²) in [6.07, 6.45) is -2.37. The Balaban J connectivity index is 2.02. The van der Waals surface area contributed by atoms with Crippen molar-refractivity contribution in [1.82, 2.24) is 4.98 Å². The highest BCUT2D eigenvalue weighted by atomic mass is 19.4. The Kier molecular flexibility index (Phi) is 4.84. The molecule has 5 nitrogen and oxygen atoms in total. The van der Waals surface area contributed by atoms with E-state index in [-0.39, 0.29) is 18.0 Å². The van der Waals surface area contributed by atoms with Gasteiger partial charge in [0, 0.05) is 29.5 Å². The van der Waals surface area contributed by atoms with E-state index in [9.17, 15) is 18.0 Å². The number of piperidine rings is 1. The maximum Gasteiger partial charge on any atom is 0.418 e. The molecule has 1 atom stereocenters. The van der Waals surface area contributed by atoms with Crippen molar-refractivity contribution in [2.24, 2.45) is 16.6 Å². The maximum atomic E-state index is 13.3. The van der Waals surface area contributed by atoms with Gasteiger partial charge in [-0.3, -0.25) is 14.8 Å². The number of alkyl halides is 3. The molecule has 138 valence electrons. The van der Waals surface area contributed by atoms with Gasteiger partial charge in [0.05, 0.1) is 17.6 Å². The highest BCUT2D eigenvalue weighted by Crippen LogP contribution is 2.38. The fourth-order valence-electron chi connectivity index (χ4n) is 3.34. The van der Waals surface area contributed by atoms with Crippen LogP contribution in [0.4, 0.5) is 18.9 Å². The van der Waals surface area contributed by atoms with Crippen molar-refractivity contribution in [2.75, 3.05) is 24.5 Å². The number of fused-ring (bicyclic) bond motifs is 1. The number of carbonyl (C=O) groups excluding carboxylic acids is 1. The van der Waals surface area contributed by atoms with Crippen molar-refractivity contribution in [3.8, 4) is 0 Å². The van der Waals surface area contributed by atoms with Gasteiger partial charge in [-0.1, -0.05) is 6.92 Å². The van der Waals surface area contributed by atoms with Gasteiger partial charge in [0.15, 0.2) is 0 Å². The Morgan fingerprint density at radius 1 is 1.38 bits per heavy atom. The van der Waals surface area contributed by atoms with E-state index in [0.717, 1.165) is 18.2 Å². The fraction of sp³-hybridized carbons (Fsp3) is 0.389. The summed E-state index contributed by atoms with van der Waals surface area (Å²) < 4.78 is 39.8. The lowest BCUT2D eigenvalue weighted by Gasteiger charge is -2.34. The predicted molar refractivity (Wildman–Crippen MR) is 94.2 cm³/mol. The Morgan fingerprint density at radius 2 is 2.15 bits per heavy atom. The van der Waals surface area contributed by atoms with E-state index in [0.29, 0.717) is 24.2 Å². The van der Waals surface area contributed by atoms with E-state index < -0.39 is 17.6 Å². The summed E-state index contributed by atoms with van der Waals surface area (Å²) >= 11 is 0. The second kappa shape index (κ2) is 6.93. The van der Waals surface area contributed by atoms with Crippen LogP contribution in [0.3, 0.4) is 0 Å². The SMILES string of the molecule is C[C@H]1CC(=NCC(N)=O)CN(c2ccc(C(F)(F)F)c3ncccc23)C1. The van der Waals surface area contributed by atoms with Crippen molar-refractivity contribution in [2.45, 2.75) is 19.5 Å². The Bertz CT molecular complexity index is 863. The number of pyridine rings is 1. The summed E-state index contributed by atoms with van der Waals surface area (Å²) in [6, 6.07) is 5.83. The Labute approximate surface area is 148 Å². The third-order valence-electron chi connectivity index (χ3n) is 4.34. The summed E-state index contributed by atoms with van der Waals surface area (Å²) in [5.41, 5.74) is 5.84. The number of anilines is 1. The number of carbonyl (C=O) groups is 1. The van der Waals surface area contributed by atoms with Gasteiger partial charge in [0.2, 0.25) is 5.91 Å². The zero-order chi connectivity index (χ0) is 18.9. The van der Waals surface area contributed by atoms with Gasteiger partial charge in [-0.15, -0.1) is 0 Å². The van der Waals surface area contributed by atoms with E-state index >= 15 is 0 Å². The Morgan fingerprint density at radius 3 is 2.85 bits per heavy atom. The molecule has 1 saturated heterocycles. The van der Waals surface area contributed by atoms with Gasteiger partial charge in [-0.25, -0.2) is 0 Å². The maximum absolute atomic E-state index is 13.3. The molecule has 2 heterocycles. The monoisotopic (exact) mass is 364 g/mol. The van der Waals surface area contributed by atoms with Crippen LogP contribution in [0.15, 0.2) is 35.5 Å².